The first-order valence-corrected chi connectivity index (χ1v) is 8.57. The Bertz CT molecular complexity index is 309. The lowest BCUT2D eigenvalue weighted by atomic mass is 10.4. The Hall–Kier alpha value is -0.870. The lowest BCUT2D eigenvalue weighted by molar-refractivity contribution is -0.697. The average Bonchev–Trinajstić information content (AvgIpc) is 2.94. The fraction of sp³-hybridized carbons (Fsp3) is 0.824. The number of rotatable bonds is 14. The van der Waals surface area contributed by atoms with E-state index in [9.17, 15) is 0 Å². The van der Waals surface area contributed by atoms with E-state index in [1.165, 1.54) is 25.7 Å². The van der Waals surface area contributed by atoms with Crippen molar-refractivity contribution in [3.8, 4) is 0 Å². The first-order chi connectivity index (χ1) is 10.4. The van der Waals surface area contributed by atoms with Gasteiger partial charge in [-0.25, -0.2) is 9.13 Å². The number of hydrogen-bond donors (Lipinski definition) is 0. The van der Waals surface area contributed by atoms with Crippen LogP contribution in [-0.2, 0) is 22.6 Å². The molecule has 0 unspecified atom stereocenters. The van der Waals surface area contributed by atoms with Gasteiger partial charge in [0, 0.05) is 26.1 Å². The van der Waals surface area contributed by atoms with Gasteiger partial charge in [-0.05, 0) is 12.8 Å². The lowest BCUT2D eigenvalue weighted by Crippen LogP contribution is -2.31. The van der Waals surface area contributed by atoms with Gasteiger partial charge in [0.2, 0.25) is 6.33 Å². The van der Waals surface area contributed by atoms with Crippen molar-refractivity contribution in [2.24, 2.45) is 0 Å². The number of imidazole rings is 1. The lowest BCUT2D eigenvalue weighted by Gasteiger charge is -2.02. The topological polar surface area (TPSA) is 27.3 Å². The maximum atomic E-state index is 5.58. The maximum absolute atomic E-state index is 5.58. The van der Waals surface area contributed by atoms with Gasteiger partial charge in [-0.15, -0.1) is 0 Å². The molecule has 0 saturated heterocycles. The molecule has 122 valence electrons. The number of ether oxygens (including phenoxy) is 2. The van der Waals surface area contributed by atoms with Crippen LogP contribution in [0.5, 0.6) is 0 Å². The Morgan fingerprint density at radius 1 is 0.857 bits per heavy atom. The van der Waals surface area contributed by atoms with Crippen molar-refractivity contribution in [3.05, 3.63) is 18.7 Å². The van der Waals surface area contributed by atoms with Crippen LogP contribution in [-0.4, -0.2) is 31.0 Å². The molecular formula is C17H33N2O2+. The number of hydrogen-bond acceptors (Lipinski definition) is 2. The van der Waals surface area contributed by atoms with Crippen LogP contribution in [0.15, 0.2) is 18.7 Å². The molecule has 0 aliphatic carbocycles. The van der Waals surface area contributed by atoms with Crippen LogP contribution in [0.25, 0.3) is 0 Å². The Morgan fingerprint density at radius 2 is 1.48 bits per heavy atom. The van der Waals surface area contributed by atoms with E-state index in [0.717, 1.165) is 52.4 Å². The van der Waals surface area contributed by atoms with Gasteiger partial charge in [-0.2, -0.15) is 0 Å². The van der Waals surface area contributed by atoms with Gasteiger partial charge in [-0.3, -0.25) is 0 Å². The normalized spacial score (nSPS) is 11.1. The van der Waals surface area contributed by atoms with E-state index in [1.54, 1.807) is 0 Å². The third-order valence-corrected chi connectivity index (χ3v) is 3.44. The van der Waals surface area contributed by atoms with Gasteiger partial charge < -0.3 is 9.47 Å². The largest absolute Gasteiger partial charge is 0.381 e. The molecule has 4 heteroatoms. The molecule has 4 nitrogen and oxygen atoms in total. The highest BCUT2D eigenvalue weighted by atomic mass is 16.5. The van der Waals surface area contributed by atoms with Crippen molar-refractivity contribution in [1.82, 2.24) is 4.57 Å². The highest BCUT2D eigenvalue weighted by Crippen LogP contribution is 1.94. The van der Waals surface area contributed by atoms with Crippen molar-refractivity contribution in [2.45, 2.75) is 65.5 Å². The predicted molar refractivity (Wildman–Crippen MR) is 85.3 cm³/mol. The number of nitrogens with zero attached hydrogens (tertiary/aromatic N) is 2. The smallest absolute Gasteiger partial charge is 0.243 e. The Kier molecular flexibility index (Phi) is 11.1. The second-order valence-corrected chi connectivity index (χ2v) is 5.53. The first-order valence-electron chi connectivity index (χ1n) is 8.57. The number of aryl methyl sites for hydroxylation is 2. The minimum atomic E-state index is 0.865. The Labute approximate surface area is 130 Å². The predicted octanol–water partition coefficient (Wildman–Crippen LogP) is 3.19. The van der Waals surface area contributed by atoms with Gasteiger partial charge in [0.1, 0.15) is 12.4 Å². The maximum Gasteiger partial charge on any atom is 0.243 e. The van der Waals surface area contributed by atoms with Crippen molar-refractivity contribution in [2.75, 3.05) is 26.4 Å². The zero-order valence-corrected chi connectivity index (χ0v) is 13.9. The third-order valence-electron chi connectivity index (χ3n) is 3.44. The molecule has 1 aromatic heterocycles. The summed E-state index contributed by atoms with van der Waals surface area (Å²) in [5.41, 5.74) is 0. The van der Waals surface area contributed by atoms with E-state index >= 15 is 0 Å². The molecule has 0 radical (unpaired) electrons. The molecule has 0 aliphatic heterocycles. The third kappa shape index (κ3) is 9.64. The highest BCUT2D eigenvalue weighted by Gasteiger charge is 2.03. The summed E-state index contributed by atoms with van der Waals surface area (Å²) in [4.78, 5) is 0. The van der Waals surface area contributed by atoms with E-state index in [1.807, 2.05) is 0 Å². The second-order valence-electron chi connectivity index (χ2n) is 5.53. The fourth-order valence-corrected chi connectivity index (χ4v) is 2.10. The van der Waals surface area contributed by atoms with Crippen LogP contribution in [0.4, 0.5) is 0 Å². The average molecular weight is 297 g/mol. The monoisotopic (exact) mass is 297 g/mol. The summed E-state index contributed by atoms with van der Waals surface area (Å²) in [6.45, 7) is 9.99. The molecule has 0 amide bonds. The highest BCUT2D eigenvalue weighted by molar-refractivity contribution is 4.66. The van der Waals surface area contributed by atoms with Crippen molar-refractivity contribution in [3.63, 3.8) is 0 Å². The molecule has 21 heavy (non-hydrogen) atoms. The van der Waals surface area contributed by atoms with Gasteiger partial charge >= 0.3 is 0 Å². The molecule has 0 spiro atoms. The molecule has 0 atom stereocenters. The van der Waals surface area contributed by atoms with E-state index < -0.39 is 0 Å². The van der Waals surface area contributed by atoms with Crippen molar-refractivity contribution < 1.29 is 14.0 Å². The van der Waals surface area contributed by atoms with Crippen LogP contribution in [0.2, 0.25) is 0 Å². The summed E-state index contributed by atoms with van der Waals surface area (Å²) < 4.78 is 15.6. The minimum absolute atomic E-state index is 0.865. The van der Waals surface area contributed by atoms with Crippen LogP contribution in [0, 0.1) is 0 Å². The zero-order valence-electron chi connectivity index (χ0n) is 13.9. The molecule has 0 bridgehead atoms. The molecule has 0 aliphatic rings. The van der Waals surface area contributed by atoms with E-state index in [2.05, 4.69) is 41.7 Å². The minimum Gasteiger partial charge on any atom is -0.381 e. The molecular weight excluding hydrogens is 264 g/mol. The zero-order chi connectivity index (χ0) is 15.2. The van der Waals surface area contributed by atoms with E-state index in [0.29, 0.717) is 0 Å². The van der Waals surface area contributed by atoms with Gasteiger partial charge in [0.25, 0.3) is 0 Å². The molecule has 1 rings (SSSR count). The van der Waals surface area contributed by atoms with Gasteiger partial charge in [0.05, 0.1) is 26.3 Å². The SMILES string of the molecule is CCCCOCCCn1cc[n+](CCCOCCCC)c1. The van der Waals surface area contributed by atoms with Crippen LogP contribution < -0.4 is 4.57 Å². The Balaban J connectivity index is 2.01. The van der Waals surface area contributed by atoms with E-state index in [-0.39, 0.29) is 0 Å². The van der Waals surface area contributed by atoms with Crippen molar-refractivity contribution >= 4 is 0 Å². The van der Waals surface area contributed by atoms with Gasteiger partial charge in [0.15, 0.2) is 0 Å². The summed E-state index contributed by atoms with van der Waals surface area (Å²) in [6, 6.07) is 0. The fourth-order valence-electron chi connectivity index (χ4n) is 2.10. The molecule has 0 saturated carbocycles. The molecule has 1 aromatic rings. The van der Waals surface area contributed by atoms with Gasteiger partial charge in [-0.1, -0.05) is 26.7 Å². The van der Waals surface area contributed by atoms with Crippen LogP contribution >= 0.6 is 0 Å². The molecule has 0 aromatic carbocycles. The van der Waals surface area contributed by atoms with Crippen LogP contribution in [0.3, 0.4) is 0 Å². The van der Waals surface area contributed by atoms with Crippen LogP contribution in [0.1, 0.15) is 52.4 Å². The first kappa shape index (κ1) is 18.2. The summed E-state index contributed by atoms with van der Waals surface area (Å²) in [7, 11) is 0. The second kappa shape index (κ2) is 12.8. The molecule has 1 heterocycles. The van der Waals surface area contributed by atoms with Crippen molar-refractivity contribution in [1.29, 1.82) is 0 Å². The standard InChI is InChI=1S/C17H33N2O2/c1-3-5-13-20-15-7-9-18-11-12-19(17-18)10-8-16-21-14-6-4-2/h11-12,17H,3-10,13-16H2,1-2H3/q+1. The summed E-state index contributed by atoms with van der Waals surface area (Å²) in [5.74, 6) is 0. The molecule has 0 N–H and O–H groups in total. The summed E-state index contributed by atoms with van der Waals surface area (Å²) >= 11 is 0. The summed E-state index contributed by atoms with van der Waals surface area (Å²) in [6.07, 6.45) is 13.4. The quantitative estimate of drug-likeness (QED) is 0.389. The number of aromatic nitrogens is 2. The molecule has 0 fully saturated rings. The Morgan fingerprint density at radius 3 is 2.14 bits per heavy atom. The number of unbranched alkanes of at least 4 members (excludes halogenated alkanes) is 2. The summed E-state index contributed by atoms with van der Waals surface area (Å²) in [5, 5.41) is 0. The van der Waals surface area contributed by atoms with E-state index in [4.69, 9.17) is 9.47 Å².